The molecule has 0 spiro atoms. The molecule has 0 bridgehead atoms. The summed E-state index contributed by atoms with van der Waals surface area (Å²) in [5.74, 6) is 0. The Morgan fingerprint density at radius 3 is 1.14 bits per heavy atom. The van der Waals surface area contributed by atoms with Crippen LogP contribution in [0.3, 0.4) is 0 Å². The predicted molar refractivity (Wildman–Crippen MR) is 34.1 cm³/mol. The molecule has 7 heavy (non-hydrogen) atoms. The molecule has 0 saturated carbocycles. The van der Waals surface area contributed by atoms with Crippen LogP contribution in [0.1, 0.15) is 0 Å². The lowest BCUT2D eigenvalue weighted by Gasteiger charge is -1.82. The first kappa shape index (κ1) is 15.7. The second-order valence-corrected chi connectivity index (χ2v) is 1.54. The van der Waals surface area contributed by atoms with E-state index in [4.69, 9.17) is 19.2 Å². The topological polar surface area (TPSA) is 77.8 Å². The first-order valence-corrected chi connectivity index (χ1v) is 2.35. The molecule has 0 aliphatic carbocycles. The van der Waals surface area contributed by atoms with Gasteiger partial charge in [0.1, 0.15) is 0 Å². The first-order chi connectivity index (χ1) is 2.00. The van der Waals surface area contributed by atoms with Gasteiger partial charge in [-0.05, 0) is 11.0 Å². The predicted octanol–water partition coefficient (Wildman–Crippen LogP) is -3.30. The fourth-order valence-corrected chi connectivity index (χ4v) is 0. The third kappa shape index (κ3) is 154. The molecule has 0 fully saturated rings. The molecule has 0 radical (unpaired) electrons. The fraction of sp³-hybridized carbons (Fsp3) is 0. The molecule has 4 nitrogen and oxygen atoms in total. The van der Waals surface area contributed by atoms with Gasteiger partial charge < -0.3 is 14.7 Å². The lowest BCUT2D eigenvalue weighted by Crippen LogP contribution is -1.66. The Labute approximate surface area is 61.4 Å². The van der Waals surface area contributed by atoms with E-state index in [9.17, 15) is 0 Å². The fourth-order valence-electron chi connectivity index (χ4n) is 0. The third-order valence-corrected chi connectivity index (χ3v) is 0. The zero-order valence-electron chi connectivity index (χ0n) is 2.20. The highest BCUT2D eigenvalue weighted by Gasteiger charge is 2.00. The van der Waals surface area contributed by atoms with Crippen molar-refractivity contribution in [3.8, 4) is 0 Å². The molecule has 0 rings (SSSR count). The van der Waals surface area contributed by atoms with Crippen LogP contribution in [0.5, 0.6) is 0 Å². The van der Waals surface area contributed by atoms with Crippen molar-refractivity contribution in [3.05, 3.63) is 0 Å². The quantitative estimate of drug-likeness (QED) is 0.254. The Balaban J connectivity index is -0.0000000800. The number of hydrogen-bond acceptors (Lipinski definition) is 1. The summed E-state index contributed by atoms with van der Waals surface area (Å²) < 4.78 is 8.88. The second kappa shape index (κ2) is 5.23. The van der Waals surface area contributed by atoms with Gasteiger partial charge in [0, 0.05) is 0 Å². The van der Waals surface area contributed by atoms with Gasteiger partial charge in [0.15, 0.2) is 0 Å². The van der Waals surface area contributed by atoms with Crippen LogP contribution in [-0.2, 0) is 4.57 Å². The highest BCUT2D eigenvalue weighted by atomic mass is 31.2. The Hall–Kier alpha value is 1.09. The smallest absolute Gasteiger partial charge is 0.303 e. The van der Waals surface area contributed by atoms with Gasteiger partial charge in [-0.1, -0.05) is 0 Å². The molecule has 0 aromatic carbocycles. The average molecular weight is 156 g/mol. The van der Waals surface area contributed by atoms with Crippen LogP contribution >= 0.6 is 7.82 Å². The van der Waals surface area contributed by atoms with Crippen molar-refractivity contribution in [1.29, 1.82) is 0 Å². The molecule has 0 aromatic rings. The monoisotopic (exact) mass is 156 g/mol. The van der Waals surface area contributed by atoms with Crippen molar-refractivity contribution in [2.75, 3.05) is 0 Å². The summed E-state index contributed by atoms with van der Waals surface area (Å²) in [5.41, 5.74) is 0. The van der Waals surface area contributed by atoms with Crippen molar-refractivity contribution >= 4 is 41.8 Å². The zero-order chi connectivity index (χ0) is 4.50. The van der Waals surface area contributed by atoms with Crippen molar-refractivity contribution in [1.82, 2.24) is 0 Å². The van der Waals surface area contributed by atoms with Gasteiger partial charge in [0.25, 0.3) is 0 Å². The van der Waals surface area contributed by atoms with Gasteiger partial charge in [0.2, 0.25) is 0 Å². The zero-order valence-corrected chi connectivity index (χ0v) is 3.09. The maximum atomic E-state index is 8.88. The molecular weight excluding hydrogens is 147 g/mol. The summed E-state index contributed by atoms with van der Waals surface area (Å²) in [7, 11) is -4.64. The van der Waals surface area contributed by atoms with Crippen LogP contribution in [0.25, 0.3) is 0 Å². The average Bonchev–Trinajstić information content (AvgIpc) is 0.722. The highest BCUT2D eigenvalue weighted by Crippen LogP contribution is 2.25. The molecule has 7 heteroatoms. The van der Waals surface area contributed by atoms with E-state index in [2.05, 4.69) is 0 Å². The van der Waals surface area contributed by atoms with Crippen LogP contribution in [0.2, 0.25) is 0 Å². The standard InChI is InChI=1S/Mg.H3O4P.H4Si.2H/c;1-5(2,3)4;;;/h;(H3,1,2,3,4);1H4;;. The molecule has 0 aromatic heterocycles. The summed E-state index contributed by atoms with van der Waals surface area (Å²) in [6.07, 6.45) is 0. The maximum absolute atomic E-state index is 8.88. The van der Waals surface area contributed by atoms with Crippen LogP contribution in [0.4, 0.5) is 0 Å². The van der Waals surface area contributed by atoms with Gasteiger partial charge in [0.05, 0.1) is 0 Å². The van der Waals surface area contributed by atoms with E-state index in [1.165, 1.54) is 0 Å². The highest BCUT2D eigenvalue weighted by molar-refractivity contribution is 7.45. The van der Waals surface area contributed by atoms with Gasteiger partial charge >= 0.3 is 30.9 Å². The van der Waals surface area contributed by atoms with E-state index in [1.54, 1.807) is 0 Å². The molecule has 0 saturated heterocycles. The molecule has 0 amide bonds. The number of phosphoric acid groups is 1. The van der Waals surface area contributed by atoms with Gasteiger partial charge in [-0.3, -0.25) is 0 Å². The molecule has 3 N–H and O–H groups in total. The minimum absolute atomic E-state index is 0. The van der Waals surface area contributed by atoms with Crippen LogP contribution < -0.4 is 0 Å². The minimum Gasteiger partial charge on any atom is -0.303 e. The summed E-state index contributed by atoms with van der Waals surface area (Å²) in [6, 6.07) is 0. The van der Waals surface area contributed by atoms with E-state index in [0.29, 0.717) is 0 Å². The van der Waals surface area contributed by atoms with E-state index in [-0.39, 0.29) is 34.0 Å². The molecular formula is H9MgO4PSi. The summed E-state index contributed by atoms with van der Waals surface area (Å²) in [4.78, 5) is 21.6. The van der Waals surface area contributed by atoms with Gasteiger partial charge in [-0.2, -0.15) is 0 Å². The molecule has 0 heterocycles. The van der Waals surface area contributed by atoms with Crippen LogP contribution in [-0.4, -0.2) is 48.7 Å². The van der Waals surface area contributed by atoms with E-state index >= 15 is 0 Å². The normalized spacial score (nSPS) is 8.43. The van der Waals surface area contributed by atoms with Gasteiger partial charge in [-0.25, -0.2) is 4.57 Å². The molecule has 0 aliphatic rings. The maximum Gasteiger partial charge on any atom is 0.466 e. The van der Waals surface area contributed by atoms with Crippen molar-refractivity contribution < 1.29 is 19.2 Å². The van der Waals surface area contributed by atoms with Crippen LogP contribution in [0, 0.1) is 0 Å². The van der Waals surface area contributed by atoms with E-state index < -0.39 is 7.82 Å². The molecule has 0 atom stereocenters. The number of rotatable bonds is 0. The molecule has 44 valence electrons. The second-order valence-electron chi connectivity index (χ2n) is 0.513. The molecule has 0 aliphatic heterocycles. The van der Waals surface area contributed by atoms with Crippen LogP contribution in [0.15, 0.2) is 0 Å². The Bertz CT molecular complexity index is 57.8. The van der Waals surface area contributed by atoms with Gasteiger partial charge in [-0.15, -0.1) is 0 Å². The Morgan fingerprint density at radius 2 is 1.14 bits per heavy atom. The number of hydrogen-bond donors (Lipinski definition) is 3. The lowest BCUT2D eigenvalue weighted by atomic mass is 15.8. The van der Waals surface area contributed by atoms with Crippen molar-refractivity contribution in [2.24, 2.45) is 0 Å². The van der Waals surface area contributed by atoms with Crippen molar-refractivity contribution in [3.63, 3.8) is 0 Å². The summed E-state index contributed by atoms with van der Waals surface area (Å²) >= 11 is 0. The minimum atomic E-state index is -4.64. The Kier molecular flexibility index (Phi) is 11.7. The largest absolute Gasteiger partial charge is 0.466 e. The first-order valence-electron chi connectivity index (χ1n) is 0.783. The van der Waals surface area contributed by atoms with Crippen molar-refractivity contribution in [2.45, 2.75) is 0 Å². The SMILES string of the molecule is O=P(O)(O)O.[MgH2].[SiH4]. The summed E-state index contributed by atoms with van der Waals surface area (Å²) in [6.45, 7) is 0. The lowest BCUT2D eigenvalue weighted by molar-refractivity contribution is 0.275. The molecule has 0 unspecified atom stereocenters. The van der Waals surface area contributed by atoms with E-state index in [1.807, 2.05) is 0 Å². The van der Waals surface area contributed by atoms with E-state index in [0.717, 1.165) is 0 Å². The summed E-state index contributed by atoms with van der Waals surface area (Å²) in [5, 5.41) is 0. The Morgan fingerprint density at radius 1 is 1.14 bits per heavy atom. The third-order valence-electron chi connectivity index (χ3n) is 0.